The lowest BCUT2D eigenvalue weighted by molar-refractivity contribution is 0.480. The molecule has 0 saturated heterocycles. The zero-order chi connectivity index (χ0) is 19.6. The van der Waals surface area contributed by atoms with Crippen LogP contribution in [0.15, 0.2) is 30.3 Å². The maximum atomic E-state index is 2.42. The zero-order valence-electron chi connectivity index (χ0n) is 18.8. The van der Waals surface area contributed by atoms with Crippen molar-refractivity contribution in [1.29, 1.82) is 0 Å². The Morgan fingerprint density at radius 1 is 0.667 bits per heavy atom. The summed E-state index contributed by atoms with van der Waals surface area (Å²) in [6.07, 6.45) is 22.8. The number of rotatable bonds is 18. The fraction of sp³-hybridized carbons (Fsp3) is 0.741. The van der Waals surface area contributed by atoms with Crippen molar-refractivity contribution in [2.45, 2.75) is 124 Å². The van der Waals surface area contributed by atoms with Gasteiger partial charge in [0, 0.05) is 0 Å². The molecule has 1 atom stereocenters. The van der Waals surface area contributed by atoms with Crippen LogP contribution in [0.5, 0.6) is 0 Å². The summed E-state index contributed by atoms with van der Waals surface area (Å²) in [7, 11) is 0. The van der Waals surface area contributed by atoms with E-state index in [1.807, 2.05) is 0 Å². The molecule has 0 aromatic heterocycles. The van der Waals surface area contributed by atoms with E-state index >= 15 is 0 Å². The lowest BCUT2D eigenvalue weighted by Crippen LogP contribution is -2.08. The third-order valence-electron chi connectivity index (χ3n) is 6.16. The summed E-state index contributed by atoms with van der Waals surface area (Å²) in [5.41, 5.74) is 1.46. The number of benzene rings is 1. The van der Waals surface area contributed by atoms with Gasteiger partial charge >= 0.3 is 0 Å². The molecule has 155 valence electrons. The summed E-state index contributed by atoms with van der Waals surface area (Å²) in [4.78, 5) is 0. The molecule has 0 saturated carbocycles. The minimum Gasteiger partial charge on any atom is -0.0654 e. The molecule has 1 aromatic carbocycles. The maximum absolute atomic E-state index is 2.42. The number of unbranched alkanes of at least 4 members (excludes halogenated alkanes) is 13. The highest BCUT2D eigenvalue weighted by Gasteiger charge is 2.12. The SMILES string of the molecule is CCCCCCCCCCCCCCCCC(C)[C](C)Cc1ccccc1. The molecule has 0 N–H and O–H groups in total. The second-order valence-electron chi connectivity index (χ2n) is 8.79. The van der Waals surface area contributed by atoms with Crippen LogP contribution >= 0.6 is 0 Å². The Bertz CT molecular complexity index is 407. The summed E-state index contributed by atoms with van der Waals surface area (Å²) in [6.45, 7) is 7.06. The van der Waals surface area contributed by atoms with Crippen LogP contribution < -0.4 is 0 Å². The van der Waals surface area contributed by atoms with Gasteiger partial charge in [-0.05, 0) is 23.8 Å². The first-order valence-electron chi connectivity index (χ1n) is 12.1. The van der Waals surface area contributed by atoms with Crippen LogP contribution in [0.2, 0.25) is 0 Å². The molecule has 0 aliphatic rings. The standard InChI is InChI=1S/C27H47/c1-4-5-6-7-8-9-10-11-12-13-14-15-16-18-21-25(2)26(3)24-27-22-19-17-20-23-27/h17,19-20,22-23,25H,4-16,18,21,24H2,1-3H3. The minimum absolute atomic E-state index is 0.766. The average Bonchev–Trinajstić information content (AvgIpc) is 2.68. The molecule has 1 aromatic rings. The molecule has 0 aliphatic heterocycles. The van der Waals surface area contributed by atoms with Crippen molar-refractivity contribution < 1.29 is 0 Å². The second kappa shape index (κ2) is 17.3. The van der Waals surface area contributed by atoms with Gasteiger partial charge in [-0.15, -0.1) is 0 Å². The normalized spacial score (nSPS) is 12.6. The van der Waals surface area contributed by atoms with Gasteiger partial charge in [-0.2, -0.15) is 0 Å². The molecule has 0 heterocycles. The van der Waals surface area contributed by atoms with E-state index < -0.39 is 0 Å². The lowest BCUT2D eigenvalue weighted by atomic mass is 9.86. The van der Waals surface area contributed by atoms with Gasteiger partial charge in [0.1, 0.15) is 0 Å². The molecule has 27 heavy (non-hydrogen) atoms. The molecule has 0 heteroatoms. The van der Waals surface area contributed by atoms with Gasteiger partial charge in [-0.3, -0.25) is 0 Å². The molecule has 0 amide bonds. The third kappa shape index (κ3) is 14.0. The summed E-state index contributed by atoms with van der Waals surface area (Å²) >= 11 is 0. The fourth-order valence-corrected chi connectivity index (χ4v) is 3.98. The highest BCUT2D eigenvalue weighted by atomic mass is 14.2. The summed E-state index contributed by atoms with van der Waals surface area (Å²) in [6, 6.07) is 10.9. The van der Waals surface area contributed by atoms with Crippen molar-refractivity contribution in [3.05, 3.63) is 41.8 Å². The number of hydrogen-bond acceptors (Lipinski definition) is 0. The van der Waals surface area contributed by atoms with Crippen molar-refractivity contribution in [2.24, 2.45) is 5.92 Å². The molecular formula is C27H47. The van der Waals surface area contributed by atoms with Crippen LogP contribution in [0.3, 0.4) is 0 Å². The Balaban J connectivity index is 1.85. The molecule has 1 unspecified atom stereocenters. The number of hydrogen-bond donors (Lipinski definition) is 0. The quantitative estimate of drug-likeness (QED) is 0.225. The molecule has 0 spiro atoms. The molecular weight excluding hydrogens is 324 g/mol. The van der Waals surface area contributed by atoms with Gasteiger partial charge in [0.2, 0.25) is 0 Å². The van der Waals surface area contributed by atoms with Crippen molar-refractivity contribution >= 4 is 0 Å². The predicted octanol–water partition coefficient (Wildman–Crippen LogP) is 9.33. The molecule has 0 aliphatic carbocycles. The van der Waals surface area contributed by atoms with Crippen LogP contribution in [0, 0.1) is 11.8 Å². The Kier molecular flexibility index (Phi) is 15.6. The van der Waals surface area contributed by atoms with E-state index in [1.54, 1.807) is 5.92 Å². The van der Waals surface area contributed by atoms with Gasteiger partial charge in [-0.1, -0.05) is 147 Å². The Labute approximate surface area is 171 Å². The van der Waals surface area contributed by atoms with Crippen molar-refractivity contribution in [1.82, 2.24) is 0 Å². The van der Waals surface area contributed by atoms with Crippen molar-refractivity contribution in [3.63, 3.8) is 0 Å². The largest absolute Gasteiger partial charge is 0.0654 e. The lowest BCUT2D eigenvalue weighted by Gasteiger charge is -2.19. The van der Waals surface area contributed by atoms with Crippen LogP contribution in [0.25, 0.3) is 0 Å². The predicted molar refractivity (Wildman–Crippen MR) is 123 cm³/mol. The van der Waals surface area contributed by atoms with Gasteiger partial charge in [0.15, 0.2) is 0 Å². The molecule has 0 fully saturated rings. The fourth-order valence-electron chi connectivity index (χ4n) is 3.98. The van der Waals surface area contributed by atoms with E-state index in [0.717, 1.165) is 12.3 Å². The first-order valence-corrected chi connectivity index (χ1v) is 12.1. The van der Waals surface area contributed by atoms with Crippen LogP contribution in [-0.4, -0.2) is 0 Å². The monoisotopic (exact) mass is 371 g/mol. The topological polar surface area (TPSA) is 0 Å². The van der Waals surface area contributed by atoms with Gasteiger partial charge in [0.25, 0.3) is 0 Å². The minimum atomic E-state index is 0.766. The summed E-state index contributed by atoms with van der Waals surface area (Å²) in [5.74, 6) is 2.42. The molecule has 0 nitrogen and oxygen atoms in total. The third-order valence-corrected chi connectivity index (χ3v) is 6.16. The Hall–Kier alpha value is -0.780. The Morgan fingerprint density at radius 3 is 1.59 bits per heavy atom. The van der Waals surface area contributed by atoms with E-state index in [4.69, 9.17) is 0 Å². The Morgan fingerprint density at radius 2 is 1.11 bits per heavy atom. The van der Waals surface area contributed by atoms with Crippen molar-refractivity contribution in [2.75, 3.05) is 0 Å². The van der Waals surface area contributed by atoms with Gasteiger partial charge < -0.3 is 0 Å². The molecule has 0 bridgehead atoms. The average molecular weight is 372 g/mol. The van der Waals surface area contributed by atoms with Crippen LogP contribution in [0.1, 0.15) is 123 Å². The van der Waals surface area contributed by atoms with Gasteiger partial charge in [-0.25, -0.2) is 0 Å². The van der Waals surface area contributed by atoms with E-state index in [0.29, 0.717) is 0 Å². The highest BCUT2D eigenvalue weighted by molar-refractivity contribution is 5.19. The molecule has 1 radical (unpaired) electrons. The van der Waals surface area contributed by atoms with Gasteiger partial charge in [0.05, 0.1) is 0 Å². The summed E-state index contributed by atoms with van der Waals surface area (Å²) < 4.78 is 0. The highest BCUT2D eigenvalue weighted by Crippen LogP contribution is 2.24. The van der Waals surface area contributed by atoms with E-state index in [9.17, 15) is 0 Å². The first kappa shape index (κ1) is 24.3. The maximum Gasteiger partial charge on any atom is -0.0200 e. The zero-order valence-corrected chi connectivity index (χ0v) is 18.8. The van der Waals surface area contributed by atoms with Crippen LogP contribution in [0.4, 0.5) is 0 Å². The molecule has 1 rings (SSSR count). The second-order valence-corrected chi connectivity index (χ2v) is 8.79. The van der Waals surface area contributed by atoms with E-state index in [1.165, 1.54) is 102 Å². The van der Waals surface area contributed by atoms with Crippen molar-refractivity contribution in [3.8, 4) is 0 Å². The smallest absolute Gasteiger partial charge is 0.0200 e. The van der Waals surface area contributed by atoms with Crippen LogP contribution in [-0.2, 0) is 6.42 Å². The van der Waals surface area contributed by atoms with E-state index in [-0.39, 0.29) is 0 Å². The first-order chi connectivity index (χ1) is 13.2. The summed E-state index contributed by atoms with van der Waals surface area (Å²) in [5, 5.41) is 0. The van der Waals surface area contributed by atoms with E-state index in [2.05, 4.69) is 51.1 Å².